The van der Waals surface area contributed by atoms with Crippen molar-refractivity contribution in [2.45, 2.75) is 45.8 Å². The van der Waals surface area contributed by atoms with E-state index in [2.05, 4.69) is 10.3 Å². The maximum atomic E-state index is 11.5. The Labute approximate surface area is 165 Å². The van der Waals surface area contributed by atoms with Gasteiger partial charge in [0.1, 0.15) is 5.15 Å². The molecule has 0 spiro atoms. The Balaban J connectivity index is 2.04. The average Bonchev–Trinajstić information content (AvgIpc) is 2.81. The lowest BCUT2D eigenvalue weighted by Gasteiger charge is -2.32. The molecule has 0 saturated carbocycles. The van der Waals surface area contributed by atoms with Crippen molar-refractivity contribution >= 4 is 41.5 Å². The topological polar surface area (TPSA) is 60.5 Å². The van der Waals surface area contributed by atoms with Gasteiger partial charge in [-0.15, -0.1) is 0 Å². The van der Waals surface area contributed by atoms with Crippen LogP contribution in [0.5, 0.6) is 0 Å². The van der Waals surface area contributed by atoms with E-state index in [0.29, 0.717) is 11.7 Å². The molecule has 0 unspecified atom stereocenters. The van der Waals surface area contributed by atoms with Gasteiger partial charge in [-0.25, -0.2) is 4.98 Å². The lowest BCUT2D eigenvalue weighted by Crippen LogP contribution is -2.41. The number of nitrogens with zero attached hydrogens (tertiary/aromatic N) is 1. The summed E-state index contributed by atoms with van der Waals surface area (Å²) in [7, 11) is -0.559. The Kier molecular flexibility index (Phi) is 5.34. The van der Waals surface area contributed by atoms with Gasteiger partial charge in [0.2, 0.25) is 5.91 Å². The number of hydrogen-bond donors (Lipinski definition) is 1. The molecule has 5 nitrogen and oxygen atoms in total. The quantitative estimate of drug-likeness (QED) is 0.636. The molecule has 1 N–H and O–H groups in total. The molecule has 1 fully saturated rings. The molecule has 2 heterocycles. The first-order chi connectivity index (χ1) is 12.6. The molecule has 0 bridgehead atoms. The van der Waals surface area contributed by atoms with E-state index in [1.54, 1.807) is 6.20 Å². The molecule has 142 valence electrons. The van der Waals surface area contributed by atoms with E-state index in [-0.39, 0.29) is 5.91 Å². The van der Waals surface area contributed by atoms with Gasteiger partial charge in [-0.1, -0.05) is 41.9 Å². The SMILES string of the molecule is CC(=O)NCC(=Cc1cnc(Cl)c2ccccc12)B1OC(C)(C)C(C)(C)O1. The highest BCUT2D eigenvalue weighted by Crippen LogP contribution is 2.39. The predicted molar refractivity (Wildman–Crippen MR) is 109 cm³/mol. The van der Waals surface area contributed by atoms with E-state index in [1.807, 2.05) is 58.0 Å². The number of halogens is 1. The lowest BCUT2D eigenvalue weighted by molar-refractivity contribution is -0.118. The van der Waals surface area contributed by atoms with Crippen LogP contribution in [0.15, 0.2) is 35.9 Å². The molecule has 1 aliphatic rings. The molecule has 1 amide bonds. The molecular weight excluding hydrogens is 362 g/mol. The van der Waals surface area contributed by atoms with Gasteiger partial charge in [-0.3, -0.25) is 4.79 Å². The van der Waals surface area contributed by atoms with E-state index >= 15 is 0 Å². The number of hydrogen-bond acceptors (Lipinski definition) is 4. The monoisotopic (exact) mass is 386 g/mol. The number of rotatable bonds is 4. The summed E-state index contributed by atoms with van der Waals surface area (Å²) in [5.41, 5.74) is 0.781. The zero-order chi connectivity index (χ0) is 19.8. The van der Waals surface area contributed by atoms with Crippen molar-refractivity contribution in [2.75, 3.05) is 6.54 Å². The van der Waals surface area contributed by atoms with Gasteiger partial charge in [0.15, 0.2) is 0 Å². The third-order valence-electron chi connectivity index (χ3n) is 5.22. The van der Waals surface area contributed by atoms with Crippen LogP contribution in [0.1, 0.15) is 40.2 Å². The highest BCUT2D eigenvalue weighted by Gasteiger charge is 2.52. The van der Waals surface area contributed by atoms with Crippen LogP contribution in [0.3, 0.4) is 0 Å². The van der Waals surface area contributed by atoms with Gasteiger partial charge in [0.05, 0.1) is 11.2 Å². The predicted octanol–water partition coefficient (Wildman–Crippen LogP) is 4.04. The zero-order valence-electron chi connectivity index (χ0n) is 16.3. The summed E-state index contributed by atoms with van der Waals surface area (Å²) < 4.78 is 12.4. The molecule has 2 aromatic rings. The maximum Gasteiger partial charge on any atom is 0.492 e. The third kappa shape index (κ3) is 4.03. The summed E-state index contributed by atoms with van der Waals surface area (Å²) in [5.74, 6) is -0.114. The van der Waals surface area contributed by atoms with E-state index in [0.717, 1.165) is 21.8 Å². The van der Waals surface area contributed by atoms with Crippen molar-refractivity contribution in [3.63, 3.8) is 0 Å². The maximum absolute atomic E-state index is 11.5. The Morgan fingerprint density at radius 1 is 1.19 bits per heavy atom. The summed E-state index contributed by atoms with van der Waals surface area (Å²) in [6, 6.07) is 7.81. The highest BCUT2D eigenvalue weighted by molar-refractivity contribution is 6.56. The van der Waals surface area contributed by atoms with Crippen LogP contribution in [-0.4, -0.2) is 35.8 Å². The number of carbonyl (C=O) groups excluding carboxylic acids is 1. The van der Waals surface area contributed by atoms with Gasteiger partial charge < -0.3 is 14.6 Å². The average molecular weight is 387 g/mol. The first-order valence-electron chi connectivity index (χ1n) is 8.94. The third-order valence-corrected chi connectivity index (χ3v) is 5.52. The van der Waals surface area contributed by atoms with Gasteiger partial charge in [-0.05, 0) is 38.6 Å². The number of benzene rings is 1. The van der Waals surface area contributed by atoms with Crippen molar-refractivity contribution in [1.29, 1.82) is 0 Å². The number of fused-ring (bicyclic) bond motifs is 1. The smallest absolute Gasteiger partial charge is 0.400 e. The van der Waals surface area contributed by atoms with Crippen LogP contribution in [0.4, 0.5) is 0 Å². The van der Waals surface area contributed by atoms with Crippen LogP contribution in [0.25, 0.3) is 16.8 Å². The van der Waals surface area contributed by atoms with Crippen molar-refractivity contribution in [3.05, 3.63) is 46.7 Å². The summed E-state index contributed by atoms with van der Waals surface area (Å²) in [6.45, 7) is 9.82. The van der Waals surface area contributed by atoms with Gasteiger partial charge in [0.25, 0.3) is 0 Å². The second-order valence-corrected chi connectivity index (χ2v) is 8.13. The van der Waals surface area contributed by atoms with Gasteiger partial charge in [-0.2, -0.15) is 0 Å². The van der Waals surface area contributed by atoms with Gasteiger partial charge in [0, 0.05) is 30.6 Å². The summed E-state index contributed by atoms with van der Waals surface area (Å²) in [6.07, 6.45) is 3.69. The fourth-order valence-electron chi connectivity index (χ4n) is 2.92. The molecule has 1 aromatic heterocycles. The molecule has 1 aromatic carbocycles. The largest absolute Gasteiger partial charge is 0.492 e. The van der Waals surface area contributed by atoms with Crippen LogP contribution < -0.4 is 5.32 Å². The zero-order valence-corrected chi connectivity index (χ0v) is 17.1. The Bertz CT molecular complexity index is 895. The minimum atomic E-state index is -0.559. The Hall–Kier alpha value is -1.89. The van der Waals surface area contributed by atoms with Crippen LogP contribution in [-0.2, 0) is 14.1 Å². The Morgan fingerprint density at radius 3 is 2.37 bits per heavy atom. The minimum absolute atomic E-state index is 0.114. The van der Waals surface area contributed by atoms with Crippen LogP contribution >= 0.6 is 11.6 Å². The lowest BCUT2D eigenvalue weighted by atomic mass is 9.76. The second kappa shape index (κ2) is 7.26. The first kappa shape index (κ1) is 19.9. The van der Waals surface area contributed by atoms with Crippen molar-refractivity contribution < 1.29 is 14.1 Å². The molecule has 0 atom stereocenters. The van der Waals surface area contributed by atoms with Crippen molar-refractivity contribution in [3.8, 4) is 0 Å². The van der Waals surface area contributed by atoms with Crippen molar-refractivity contribution in [2.24, 2.45) is 0 Å². The fourth-order valence-corrected chi connectivity index (χ4v) is 3.13. The molecular formula is C20H24BClN2O3. The first-order valence-corrected chi connectivity index (χ1v) is 9.32. The number of nitrogens with one attached hydrogen (secondary N) is 1. The highest BCUT2D eigenvalue weighted by atomic mass is 35.5. The van der Waals surface area contributed by atoms with Crippen molar-refractivity contribution in [1.82, 2.24) is 10.3 Å². The molecule has 0 radical (unpaired) electrons. The van der Waals surface area contributed by atoms with E-state index in [4.69, 9.17) is 20.9 Å². The molecule has 27 heavy (non-hydrogen) atoms. The van der Waals surface area contributed by atoms with E-state index in [9.17, 15) is 4.79 Å². The minimum Gasteiger partial charge on any atom is -0.400 e. The molecule has 0 aliphatic carbocycles. The molecule has 7 heteroatoms. The number of carbonyl (C=O) groups is 1. The molecule has 1 saturated heterocycles. The molecule has 1 aliphatic heterocycles. The Morgan fingerprint density at radius 2 is 1.78 bits per heavy atom. The normalized spacial score (nSPS) is 18.7. The van der Waals surface area contributed by atoms with Crippen LogP contribution in [0, 0.1) is 0 Å². The second-order valence-electron chi connectivity index (χ2n) is 7.77. The summed E-state index contributed by atoms with van der Waals surface area (Å²) >= 11 is 6.23. The summed E-state index contributed by atoms with van der Waals surface area (Å²) in [4.78, 5) is 15.8. The van der Waals surface area contributed by atoms with E-state index in [1.165, 1.54) is 6.92 Å². The standard InChI is InChI=1S/C20H24BClN2O3/c1-13(25)23-12-15(21-26-19(2,3)20(4,5)27-21)10-14-11-24-18(22)17-9-7-6-8-16(14)17/h6-11H,12H2,1-5H3,(H,23,25). The van der Waals surface area contributed by atoms with Crippen LogP contribution in [0.2, 0.25) is 5.15 Å². The van der Waals surface area contributed by atoms with E-state index < -0.39 is 18.3 Å². The molecule has 3 rings (SSSR count). The number of amides is 1. The number of aromatic nitrogens is 1. The summed E-state index contributed by atoms with van der Waals surface area (Å²) in [5, 5.41) is 5.16. The fraction of sp³-hybridized carbons (Fsp3) is 0.400. The number of pyridine rings is 1. The van der Waals surface area contributed by atoms with Gasteiger partial charge >= 0.3 is 7.12 Å².